The first-order valence-corrected chi connectivity index (χ1v) is 12.8. The Labute approximate surface area is 220 Å². The summed E-state index contributed by atoms with van der Waals surface area (Å²) in [6.07, 6.45) is 0.194. The molecule has 1 aliphatic rings. The zero-order valence-electron chi connectivity index (χ0n) is 19.5. The van der Waals surface area contributed by atoms with Gasteiger partial charge in [-0.2, -0.15) is 5.26 Å². The third kappa shape index (κ3) is 6.39. The Hall–Kier alpha value is -3.20. The van der Waals surface area contributed by atoms with Gasteiger partial charge in [0, 0.05) is 12.7 Å². The zero-order valence-corrected chi connectivity index (χ0v) is 21.1. The number of amides is 1. The van der Waals surface area contributed by atoms with Crippen LogP contribution in [0.1, 0.15) is 51.9 Å². The second kappa shape index (κ2) is 12.4. The van der Waals surface area contributed by atoms with Crippen LogP contribution in [0.4, 0.5) is 13.2 Å². The molecule has 0 aliphatic carbocycles. The van der Waals surface area contributed by atoms with Gasteiger partial charge in [0.05, 0.1) is 33.6 Å². The van der Waals surface area contributed by atoms with Gasteiger partial charge < -0.3 is 10.1 Å². The maximum atomic E-state index is 14.2. The van der Waals surface area contributed by atoms with Crippen molar-refractivity contribution in [1.29, 1.82) is 5.26 Å². The van der Waals surface area contributed by atoms with Gasteiger partial charge in [0.1, 0.15) is 17.6 Å². The number of nitrogens with one attached hydrogen (secondary N) is 1. The van der Waals surface area contributed by atoms with E-state index in [0.29, 0.717) is 43.2 Å². The third-order valence-electron chi connectivity index (χ3n) is 6.22. The zero-order chi connectivity index (χ0) is 26.4. The highest BCUT2D eigenvalue weighted by molar-refractivity contribution is 7.09. The quantitative estimate of drug-likeness (QED) is 0.384. The molecule has 3 aromatic rings. The molecule has 0 bridgehead atoms. The molecule has 1 unspecified atom stereocenters. The van der Waals surface area contributed by atoms with Crippen LogP contribution in [0.15, 0.2) is 42.0 Å². The van der Waals surface area contributed by atoms with E-state index >= 15 is 0 Å². The van der Waals surface area contributed by atoms with Gasteiger partial charge in [-0.15, -0.1) is 11.3 Å². The number of pyridine rings is 1. The molecule has 1 N–H and O–H groups in total. The third-order valence-corrected chi connectivity index (χ3v) is 7.48. The summed E-state index contributed by atoms with van der Waals surface area (Å²) >= 11 is 7.11. The van der Waals surface area contributed by atoms with E-state index in [1.807, 2.05) is 11.0 Å². The summed E-state index contributed by atoms with van der Waals surface area (Å²) in [7, 11) is 0. The summed E-state index contributed by atoms with van der Waals surface area (Å²) in [5, 5.41) is 11.8. The molecule has 3 heterocycles. The predicted octanol–water partition coefficient (Wildman–Crippen LogP) is 5.40. The number of halogens is 4. The Balaban J connectivity index is 1.44. The Morgan fingerprint density at radius 2 is 2.05 bits per heavy atom. The molecule has 1 fully saturated rings. The van der Waals surface area contributed by atoms with Gasteiger partial charge in [-0.05, 0) is 56.1 Å². The van der Waals surface area contributed by atoms with Crippen LogP contribution >= 0.6 is 22.9 Å². The van der Waals surface area contributed by atoms with Crippen LogP contribution in [0.3, 0.4) is 0 Å². The number of hydrogen-bond donors (Lipinski definition) is 1. The Kier molecular flexibility index (Phi) is 8.97. The number of carbonyl (C=O) groups is 1. The van der Waals surface area contributed by atoms with Gasteiger partial charge in [0.25, 0.3) is 12.3 Å². The molecule has 1 aromatic carbocycles. The molecular formula is C25H23ClF3N5O2S. The van der Waals surface area contributed by atoms with Crippen LogP contribution in [-0.4, -0.2) is 47.0 Å². The molecule has 12 heteroatoms. The van der Waals surface area contributed by atoms with Crippen LogP contribution in [0.2, 0.25) is 5.02 Å². The predicted molar refractivity (Wildman–Crippen MR) is 132 cm³/mol. The molecule has 7 nitrogen and oxygen atoms in total. The van der Waals surface area contributed by atoms with Crippen molar-refractivity contribution < 1.29 is 22.7 Å². The van der Waals surface area contributed by atoms with Crippen molar-refractivity contribution >= 4 is 28.8 Å². The van der Waals surface area contributed by atoms with Crippen molar-refractivity contribution in [2.75, 3.05) is 26.2 Å². The lowest BCUT2D eigenvalue weighted by molar-refractivity contribution is 0.0869. The fourth-order valence-corrected chi connectivity index (χ4v) is 5.47. The normalized spacial score (nSPS) is 15.4. The van der Waals surface area contributed by atoms with Crippen molar-refractivity contribution in [2.24, 2.45) is 5.92 Å². The number of alkyl halides is 2. The number of nitrogens with zero attached hydrogens (tertiary/aromatic N) is 4. The number of piperidine rings is 1. The molecule has 1 saturated heterocycles. The van der Waals surface area contributed by atoms with E-state index < -0.39 is 24.2 Å². The molecule has 194 valence electrons. The maximum Gasteiger partial charge on any atom is 0.281 e. The first-order valence-electron chi connectivity index (χ1n) is 11.5. The number of likely N-dealkylation sites (tertiary alicyclic amines) is 1. The number of rotatable bonds is 9. The Morgan fingerprint density at radius 1 is 1.27 bits per heavy atom. The molecule has 4 rings (SSSR count). The van der Waals surface area contributed by atoms with E-state index in [-0.39, 0.29) is 34.4 Å². The number of carbonyl (C=O) groups excluding carboxylic acids is 1. The molecule has 37 heavy (non-hydrogen) atoms. The molecule has 0 spiro atoms. The Bertz CT molecular complexity index is 1260. The second-order valence-corrected chi connectivity index (χ2v) is 9.77. The molecule has 1 amide bonds. The van der Waals surface area contributed by atoms with Crippen LogP contribution in [0.5, 0.6) is 5.75 Å². The highest BCUT2D eigenvalue weighted by Gasteiger charge is 2.32. The van der Waals surface area contributed by atoms with Crippen LogP contribution < -0.4 is 10.1 Å². The largest absolute Gasteiger partial charge is 0.490 e. The molecule has 1 atom stereocenters. The van der Waals surface area contributed by atoms with E-state index in [1.165, 1.54) is 23.8 Å². The van der Waals surface area contributed by atoms with E-state index in [2.05, 4.69) is 15.3 Å². The fourth-order valence-electron chi connectivity index (χ4n) is 4.29. The summed E-state index contributed by atoms with van der Waals surface area (Å²) < 4.78 is 47.4. The SMILES string of the molecule is N#Cc1ncccc1OCC1CCN(C(CNC(=O)c2c(F)cccc2Cl)c2scnc2C(F)F)CC1. The molecule has 2 aromatic heterocycles. The van der Waals surface area contributed by atoms with Crippen LogP contribution in [0.25, 0.3) is 0 Å². The average Bonchev–Trinajstić information content (AvgIpc) is 3.38. The lowest BCUT2D eigenvalue weighted by Crippen LogP contribution is -2.43. The lowest BCUT2D eigenvalue weighted by Gasteiger charge is -2.37. The van der Waals surface area contributed by atoms with Crippen molar-refractivity contribution in [1.82, 2.24) is 20.2 Å². The van der Waals surface area contributed by atoms with Gasteiger partial charge in [0.15, 0.2) is 11.4 Å². The Morgan fingerprint density at radius 3 is 2.76 bits per heavy atom. The topological polar surface area (TPSA) is 91.1 Å². The number of aromatic nitrogens is 2. The molecule has 0 saturated carbocycles. The molecule has 0 radical (unpaired) electrons. The van der Waals surface area contributed by atoms with Gasteiger partial charge in [-0.3, -0.25) is 9.69 Å². The number of benzene rings is 1. The van der Waals surface area contributed by atoms with Crippen molar-refractivity contribution in [3.8, 4) is 11.8 Å². The molecular weight excluding hydrogens is 527 g/mol. The number of thiazole rings is 1. The van der Waals surface area contributed by atoms with Gasteiger partial charge in [0.2, 0.25) is 0 Å². The minimum absolute atomic E-state index is 0.0200. The highest BCUT2D eigenvalue weighted by Crippen LogP contribution is 2.35. The first-order chi connectivity index (χ1) is 17.9. The van der Waals surface area contributed by atoms with Crippen LogP contribution in [-0.2, 0) is 0 Å². The monoisotopic (exact) mass is 549 g/mol. The number of hydrogen-bond acceptors (Lipinski definition) is 7. The van der Waals surface area contributed by atoms with Crippen LogP contribution in [0, 0.1) is 23.1 Å². The summed E-state index contributed by atoms with van der Waals surface area (Å²) in [6, 6.07) is 8.75. The van der Waals surface area contributed by atoms with Gasteiger partial charge in [-0.25, -0.2) is 23.1 Å². The second-order valence-electron chi connectivity index (χ2n) is 8.48. The minimum Gasteiger partial charge on any atom is -0.490 e. The maximum absolute atomic E-state index is 14.2. The highest BCUT2D eigenvalue weighted by atomic mass is 35.5. The lowest BCUT2D eigenvalue weighted by atomic mass is 9.96. The van der Waals surface area contributed by atoms with E-state index in [9.17, 15) is 23.2 Å². The van der Waals surface area contributed by atoms with Gasteiger partial charge >= 0.3 is 0 Å². The van der Waals surface area contributed by atoms with E-state index in [0.717, 1.165) is 17.4 Å². The summed E-state index contributed by atoms with van der Waals surface area (Å²) in [5.74, 6) is -0.872. The minimum atomic E-state index is -2.76. The van der Waals surface area contributed by atoms with E-state index in [4.69, 9.17) is 16.3 Å². The fraction of sp³-hybridized carbons (Fsp3) is 0.360. The van der Waals surface area contributed by atoms with Gasteiger partial charge in [-0.1, -0.05) is 17.7 Å². The molecule has 1 aliphatic heterocycles. The van der Waals surface area contributed by atoms with E-state index in [1.54, 1.807) is 12.1 Å². The van der Waals surface area contributed by atoms with Crippen molar-refractivity contribution in [3.63, 3.8) is 0 Å². The summed E-state index contributed by atoms with van der Waals surface area (Å²) in [4.78, 5) is 22.9. The standard InChI is InChI=1S/C25H23ClF3N5O2S/c26-16-3-1-4-17(27)21(16)25(35)32-12-19(23-22(24(28)29)33-14-37-23)34-9-6-15(7-10-34)13-36-20-5-2-8-31-18(20)11-30/h1-5,8,14-15,19,24H,6-7,9-10,12-13H2,(H,32,35). The summed E-state index contributed by atoms with van der Waals surface area (Å²) in [5.41, 5.74) is 0.972. The number of nitriles is 1. The smallest absolute Gasteiger partial charge is 0.281 e. The average molecular weight is 550 g/mol. The number of ether oxygens (including phenoxy) is 1. The summed E-state index contributed by atoms with van der Waals surface area (Å²) in [6.45, 7) is 1.50. The van der Waals surface area contributed by atoms with Crippen molar-refractivity contribution in [2.45, 2.75) is 25.3 Å². The van der Waals surface area contributed by atoms with Crippen molar-refractivity contribution in [3.05, 3.63) is 74.7 Å². The first kappa shape index (κ1) is 26.9.